The van der Waals surface area contributed by atoms with E-state index in [1.165, 1.54) is 0 Å². The lowest BCUT2D eigenvalue weighted by atomic mass is 10.2. The number of anilines is 1. The minimum Gasteiger partial charge on any atom is -0.396 e. The van der Waals surface area contributed by atoms with Crippen molar-refractivity contribution in [3.05, 3.63) is 11.9 Å². The Morgan fingerprint density at radius 3 is 2.93 bits per heavy atom. The number of nitrogens with two attached hydrogens (primary N) is 1. The average molecular weight is 229 g/mol. The van der Waals surface area contributed by atoms with Gasteiger partial charge in [0.2, 0.25) is 0 Å². The molecule has 84 valence electrons. The summed E-state index contributed by atoms with van der Waals surface area (Å²) in [6, 6.07) is -0.0257. The van der Waals surface area contributed by atoms with Gasteiger partial charge < -0.3 is 5.73 Å². The number of rotatable bonds is 2. The SMILES string of the molecule is CCc1c(N)cnn1C1CCS(=O)(=O)C1. The first kappa shape index (κ1) is 10.5. The van der Waals surface area contributed by atoms with Crippen LogP contribution in [0.2, 0.25) is 0 Å². The van der Waals surface area contributed by atoms with Crippen molar-refractivity contribution < 1.29 is 8.42 Å². The number of nitrogens with zero attached hydrogens (tertiary/aromatic N) is 2. The molecule has 2 N–H and O–H groups in total. The molecule has 0 saturated carbocycles. The zero-order chi connectivity index (χ0) is 11.1. The van der Waals surface area contributed by atoms with Crippen LogP contribution in [0.5, 0.6) is 0 Å². The van der Waals surface area contributed by atoms with E-state index in [0.717, 1.165) is 12.1 Å². The smallest absolute Gasteiger partial charge is 0.152 e. The van der Waals surface area contributed by atoms with Gasteiger partial charge in [0.15, 0.2) is 9.84 Å². The Labute approximate surface area is 89.2 Å². The molecule has 0 aliphatic carbocycles. The number of hydrogen-bond acceptors (Lipinski definition) is 4. The van der Waals surface area contributed by atoms with Crippen LogP contribution >= 0.6 is 0 Å². The minimum atomic E-state index is -2.86. The molecule has 0 amide bonds. The maximum absolute atomic E-state index is 11.3. The molecule has 15 heavy (non-hydrogen) atoms. The molecule has 1 saturated heterocycles. The van der Waals surface area contributed by atoms with Crippen LogP contribution in [-0.4, -0.2) is 29.7 Å². The molecule has 1 unspecified atom stereocenters. The number of aromatic nitrogens is 2. The summed E-state index contributed by atoms with van der Waals surface area (Å²) in [6.07, 6.45) is 3.03. The molecular formula is C9H15N3O2S. The molecule has 1 aliphatic rings. The Morgan fingerprint density at radius 1 is 1.67 bits per heavy atom. The third kappa shape index (κ3) is 1.86. The Bertz CT molecular complexity index is 464. The van der Waals surface area contributed by atoms with Gasteiger partial charge >= 0.3 is 0 Å². The maximum atomic E-state index is 11.3. The van der Waals surface area contributed by atoms with Crippen molar-refractivity contribution in [3.8, 4) is 0 Å². The normalized spacial score (nSPS) is 24.5. The quantitative estimate of drug-likeness (QED) is 0.795. The van der Waals surface area contributed by atoms with Gasteiger partial charge in [-0.05, 0) is 12.8 Å². The second kappa shape index (κ2) is 3.52. The van der Waals surface area contributed by atoms with E-state index in [0.29, 0.717) is 12.1 Å². The molecular weight excluding hydrogens is 214 g/mol. The molecule has 1 aliphatic heterocycles. The largest absolute Gasteiger partial charge is 0.396 e. The molecule has 2 rings (SSSR count). The van der Waals surface area contributed by atoms with E-state index < -0.39 is 9.84 Å². The Morgan fingerprint density at radius 2 is 2.40 bits per heavy atom. The summed E-state index contributed by atoms with van der Waals surface area (Å²) in [6.45, 7) is 1.99. The molecule has 0 bridgehead atoms. The second-order valence-electron chi connectivity index (χ2n) is 3.90. The number of nitrogen functional groups attached to an aromatic ring is 1. The van der Waals surface area contributed by atoms with E-state index in [1.54, 1.807) is 10.9 Å². The maximum Gasteiger partial charge on any atom is 0.152 e. The zero-order valence-corrected chi connectivity index (χ0v) is 9.50. The summed E-state index contributed by atoms with van der Waals surface area (Å²) < 4.78 is 24.5. The fraction of sp³-hybridized carbons (Fsp3) is 0.667. The van der Waals surface area contributed by atoms with Crippen LogP contribution in [0.25, 0.3) is 0 Å². The average Bonchev–Trinajstić information content (AvgIpc) is 2.69. The molecule has 0 radical (unpaired) electrons. The fourth-order valence-electron chi connectivity index (χ4n) is 2.05. The van der Waals surface area contributed by atoms with E-state index in [2.05, 4.69) is 5.10 Å². The highest BCUT2D eigenvalue weighted by molar-refractivity contribution is 7.91. The van der Waals surface area contributed by atoms with Crippen molar-refractivity contribution in [2.75, 3.05) is 17.2 Å². The van der Waals surface area contributed by atoms with E-state index in [9.17, 15) is 8.42 Å². The molecule has 1 atom stereocenters. The number of hydrogen-bond donors (Lipinski definition) is 1. The molecule has 1 fully saturated rings. The van der Waals surface area contributed by atoms with E-state index in [-0.39, 0.29) is 17.5 Å². The topological polar surface area (TPSA) is 78.0 Å². The van der Waals surface area contributed by atoms with Gasteiger partial charge in [-0.15, -0.1) is 0 Å². The third-order valence-electron chi connectivity index (χ3n) is 2.82. The summed E-state index contributed by atoms with van der Waals surface area (Å²) in [5.74, 6) is 0.460. The van der Waals surface area contributed by atoms with Crippen LogP contribution in [0.3, 0.4) is 0 Å². The molecule has 5 nitrogen and oxygen atoms in total. The third-order valence-corrected chi connectivity index (χ3v) is 4.57. The van der Waals surface area contributed by atoms with E-state index >= 15 is 0 Å². The molecule has 6 heteroatoms. The van der Waals surface area contributed by atoms with Crippen molar-refractivity contribution in [3.63, 3.8) is 0 Å². The Hall–Kier alpha value is -1.04. The molecule has 1 aromatic heterocycles. The first-order valence-electron chi connectivity index (χ1n) is 5.06. The van der Waals surface area contributed by atoms with Crippen molar-refractivity contribution >= 4 is 15.5 Å². The summed E-state index contributed by atoms with van der Waals surface area (Å²) >= 11 is 0. The van der Waals surface area contributed by atoms with Gasteiger partial charge in [-0.1, -0.05) is 6.92 Å². The van der Waals surface area contributed by atoms with E-state index in [4.69, 9.17) is 5.73 Å². The van der Waals surface area contributed by atoms with Gasteiger partial charge in [0, 0.05) is 0 Å². The van der Waals surface area contributed by atoms with Gasteiger partial charge in [0.1, 0.15) is 0 Å². The minimum absolute atomic E-state index is 0.0257. The summed E-state index contributed by atoms with van der Waals surface area (Å²) in [5, 5.41) is 4.16. The van der Waals surface area contributed by atoms with E-state index in [1.807, 2.05) is 6.92 Å². The van der Waals surface area contributed by atoms with Crippen LogP contribution in [0, 0.1) is 0 Å². The van der Waals surface area contributed by atoms with Crippen molar-refractivity contribution in [1.29, 1.82) is 0 Å². The second-order valence-corrected chi connectivity index (χ2v) is 6.13. The van der Waals surface area contributed by atoms with Crippen LogP contribution in [0.1, 0.15) is 25.1 Å². The highest BCUT2D eigenvalue weighted by atomic mass is 32.2. The van der Waals surface area contributed by atoms with Crippen LogP contribution < -0.4 is 5.73 Å². The van der Waals surface area contributed by atoms with Crippen molar-refractivity contribution in [2.45, 2.75) is 25.8 Å². The predicted molar refractivity (Wildman–Crippen MR) is 58.3 cm³/mol. The predicted octanol–water partition coefficient (Wildman–Crippen LogP) is 0.387. The Kier molecular flexibility index (Phi) is 2.46. The standard InChI is InChI=1S/C9H15N3O2S/c1-2-9-8(10)5-11-12(9)7-3-4-15(13,14)6-7/h5,7H,2-4,6,10H2,1H3. The van der Waals surface area contributed by atoms with Crippen molar-refractivity contribution in [2.24, 2.45) is 0 Å². The van der Waals surface area contributed by atoms with Gasteiger partial charge in [-0.2, -0.15) is 5.10 Å². The summed E-state index contributed by atoms with van der Waals surface area (Å²) in [4.78, 5) is 0. The monoisotopic (exact) mass is 229 g/mol. The summed E-state index contributed by atoms with van der Waals surface area (Å²) in [7, 11) is -2.86. The van der Waals surface area contributed by atoms with Crippen LogP contribution in [-0.2, 0) is 16.3 Å². The first-order chi connectivity index (χ1) is 7.03. The molecule has 0 spiro atoms. The highest BCUT2D eigenvalue weighted by Crippen LogP contribution is 2.26. The lowest BCUT2D eigenvalue weighted by Crippen LogP contribution is -2.15. The summed E-state index contributed by atoms with van der Waals surface area (Å²) in [5.41, 5.74) is 7.35. The Balaban J connectivity index is 2.31. The van der Waals surface area contributed by atoms with Gasteiger partial charge in [0.25, 0.3) is 0 Å². The van der Waals surface area contributed by atoms with Crippen molar-refractivity contribution in [1.82, 2.24) is 9.78 Å². The molecule has 1 aromatic rings. The highest BCUT2D eigenvalue weighted by Gasteiger charge is 2.30. The number of sulfone groups is 1. The molecule has 2 heterocycles. The van der Waals surface area contributed by atoms with Gasteiger partial charge in [-0.3, -0.25) is 4.68 Å². The van der Waals surface area contributed by atoms with Crippen LogP contribution in [0.15, 0.2) is 6.20 Å². The van der Waals surface area contributed by atoms with Crippen LogP contribution in [0.4, 0.5) is 5.69 Å². The van der Waals surface area contributed by atoms with Gasteiger partial charge in [0.05, 0.1) is 35.1 Å². The van der Waals surface area contributed by atoms with Gasteiger partial charge in [-0.25, -0.2) is 8.42 Å². The lowest BCUT2D eigenvalue weighted by molar-refractivity contribution is 0.482. The first-order valence-corrected chi connectivity index (χ1v) is 6.88. The zero-order valence-electron chi connectivity index (χ0n) is 8.68. The fourth-order valence-corrected chi connectivity index (χ4v) is 3.74. The lowest BCUT2D eigenvalue weighted by Gasteiger charge is -2.12. The molecule has 0 aromatic carbocycles.